The normalized spacial score (nSPS) is 10.7. The summed E-state index contributed by atoms with van der Waals surface area (Å²) in [6.45, 7) is 9.16. The molecular formula is C14H24N2O3. The van der Waals surface area contributed by atoms with Gasteiger partial charge in [0.2, 0.25) is 0 Å². The van der Waals surface area contributed by atoms with Crippen molar-refractivity contribution in [1.29, 1.82) is 0 Å². The summed E-state index contributed by atoms with van der Waals surface area (Å²) in [5.41, 5.74) is 0.976. The highest BCUT2D eigenvalue weighted by Crippen LogP contribution is 2.12. The largest absolute Gasteiger partial charge is 0.361 e. The molecule has 5 heteroatoms. The number of hydrogen-bond donors (Lipinski definition) is 0. The van der Waals surface area contributed by atoms with Crippen LogP contribution in [0.15, 0.2) is 9.32 Å². The maximum absolute atomic E-state index is 12.4. The fourth-order valence-corrected chi connectivity index (χ4v) is 2.21. The van der Waals surface area contributed by atoms with Crippen molar-refractivity contribution in [2.75, 3.05) is 13.1 Å². The van der Waals surface area contributed by atoms with Crippen molar-refractivity contribution in [3.63, 3.8) is 0 Å². The maximum atomic E-state index is 12.4. The molecule has 1 heterocycles. The molecule has 0 unspecified atom stereocenters. The van der Waals surface area contributed by atoms with Gasteiger partial charge >= 0.3 is 11.7 Å². The van der Waals surface area contributed by atoms with E-state index < -0.39 is 0 Å². The molecule has 0 N–H and O–H groups in total. The van der Waals surface area contributed by atoms with Crippen LogP contribution < -0.4 is 5.63 Å². The second-order valence-electron chi connectivity index (χ2n) is 4.56. The van der Waals surface area contributed by atoms with Gasteiger partial charge < -0.3 is 9.42 Å². The van der Waals surface area contributed by atoms with Gasteiger partial charge in [-0.3, -0.25) is 0 Å². The van der Waals surface area contributed by atoms with Crippen LogP contribution >= 0.6 is 0 Å². The molecule has 0 aliphatic rings. The zero-order valence-corrected chi connectivity index (χ0v) is 12.4. The highest BCUT2D eigenvalue weighted by Gasteiger charge is 2.23. The Morgan fingerprint density at radius 2 is 1.89 bits per heavy atom. The van der Waals surface area contributed by atoms with E-state index in [-0.39, 0.29) is 11.7 Å². The quantitative estimate of drug-likeness (QED) is 0.797. The minimum Gasteiger partial charge on any atom is -0.327 e. The van der Waals surface area contributed by atoms with E-state index in [9.17, 15) is 9.59 Å². The van der Waals surface area contributed by atoms with Gasteiger partial charge in [-0.05, 0) is 26.2 Å². The summed E-state index contributed by atoms with van der Waals surface area (Å²) in [4.78, 5) is 25.9. The maximum Gasteiger partial charge on any atom is 0.361 e. The van der Waals surface area contributed by atoms with Crippen molar-refractivity contribution in [2.24, 2.45) is 0 Å². The molecule has 0 aromatic carbocycles. The molecule has 0 radical (unpaired) electrons. The zero-order valence-electron chi connectivity index (χ0n) is 12.4. The zero-order chi connectivity index (χ0) is 14.4. The van der Waals surface area contributed by atoms with E-state index >= 15 is 0 Å². The first-order chi connectivity index (χ1) is 9.10. The summed E-state index contributed by atoms with van der Waals surface area (Å²) in [5.74, 6) is 0. The molecule has 0 aliphatic carbocycles. The second-order valence-corrected chi connectivity index (χ2v) is 4.56. The Morgan fingerprint density at radius 3 is 2.37 bits per heavy atom. The molecular weight excluding hydrogens is 244 g/mol. The Labute approximate surface area is 114 Å². The molecule has 0 fully saturated rings. The molecule has 0 atom stereocenters. The van der Waals surface area contributed by atoms with Crippen LogP contribution in [0.25, 0.3) is 0 Å². The summed E-state index contributed by atoms with van der Waals surface area (Å²) in [7, 11) is 0. The van der Waals surface area contributed by atoms with Gasteiger partial charge in [-0.15, -0.1) is 4.74 Å². The third kappa shape index (κ3) is 3.28. The highest BCUT2D eigenvalue weighted by atomic mass is 16.5. The van der Waals surface area contributed by atoms with Crippen LogP contribution in [-0.4, -0.2) is 28.8 Å². The first kappa shape index (κ1) is 15.5. The Hall–Kier alpha value is -1.52. The van der Waals surface area contributed by atoms with Gasteiger partial charge in [-0.2, -0.15) is 0 Å². The fourth-order valence-electron chi connectivity index (χ4n) is 2.21. The fraction of sp³-hybridized carbons (Fsp3) is 0.714. The number of aromatic nitrogens is 1. The third-order valence-corrected chi connectivity index (χ3v) is 3.17. The van der Waals surface area contributed by atoms with Crippen LogP contribution in [-0.2, 0) is 12.8 Å². The molecule has 5 nitrogen and oxygen atoms in total. The first-order valence-electron chi connectivity index (χ1n) is 7.13. The van der Waals surface area contributed by atoms with Crippen LogP contribution in [0, 0.1) is 0 Å². The number of hydrogen-bond acceptors (Lipinski definition) is 3. The van der Waals surface area contributed by atoms with Gasteiger partial charge in [0.05, 0.1) is 11.3 Å². The van der Waals surface area contributed by atoms with E-state index in [2.05, 4.69) is 0 Å². The summed E-state index contributed by atoms with van der Waals surface area (Å²) < 4.78 is 6.35. The van der Waals surface area contributed by atoms with E-state index in [0.29, 0.717) is 31.5 Å². The average molecular weight is 268 g/mol. The van der Waals surface area contributed by atoms with Gasteiger partial charge in [0.15, 0.2) is 0 Å². The summed E-state index contributed by atoms with van der Waals surface area (Å²) in [6.07, 6.45) is 3.04. The second kappa shape index (κ2) is 7.16. The minimum atomic E-state index is -0.383. The summed E-state index contributed by atoms with van der Waals surface area (Å²) in [5, 5.41) is 0. The predicted octanol–water partition coefficient (Wildman–Crippen LogP) is 2.66. The van der Waals surface area contributed by atoms with Crippen molar-refractivity contribution in [3.05, 3.63) is 21.7 Å². The van der Waals surface area contributed by atoms with Gasteiger partial charge in [0, 0.05) is 13.1 Å². The van der Waals surface area contributed by atoms with E-state index in [1.165, 1.54) is 4.74 Å². The van der Waals surface area contributed by atoms with Gasteiger partial charge in [0.1, 0.15) is 0 Å². The number of carbonyl (C=O) groups is 1. The van der Waals surface area contributed by atoms with Gasteiger partial charge in [0.25, 0.3) is 0 Å². The van der Waals surface area contributed by atoms with E-state index in [4.69, 9.17) is 4.52 Å². The van der Waals surface area contributed by atoms with Crippen LogP contribution in [0.1, 0.15) is 51.8 Å². The smallest absolute Gasteiger partial charge is 0.327 e. The van der Waals surface area contributed by atoms with Crippen molar-refractivity contribution >= 4 is 6.03 Å². The Morgan fingerprint density at radius 1 is 1.21 bits per heavy atom. The van der Waals surface area contributed by atoms with Crippen LogP contribution in [0.5, 0.6) is 0 Å². The molecule has 19 heavy (non-hydrogen) atoms. The minimum absolute atomic E-state index is 0.232. The van der Waals surface area contributed by atoms with Crippen LogP contribution in [0.3, 0.4) is 0 Å². The van der Waals surface area contributed by atoms with Gasteiger partial charge in [-0.25, -0.2) is 9.59 Å². The molecule has 0 aliphatic heterocycles. The Bertz CT molecular complexity index is 474. The highest BCUT2D eigenvalue weighted by molar-refractivity contribution is 5.76. The van der Waals surface area contributed by atoms with Crippen LogP contribution in [0.2, 0.25) is 0 Å². The van der Waals surface area contributed by atoms with E-state index in [0.717, 1.165) is 18.5 Å². The lowest BCUT2D eigenvalue weighted by molar-refractivity contribution is 0.166. The number of amides is 1. The average Bonchev–Trinajstić information content (AvgIpc) is 2.72. The Kier molecular flexibility index (Phi) is 5.86. The van der Waals surface area contributed by atoms with Crippen molar-refractivity contribution in [2.45, 2.75) is 53.4 Å². The number of carbonyl (C=O) groups excluding carboxylic acids is 1. The van der Waals surface area contributed by atoms with E-state index in [1.54, 1.807) is 4.90 Å². The Balaban J connectivity index is 3.18. The molecule has 1 aromatic rings. The third-order valence-electron chi connectivity index (χ3n) is 3.17. The van der Waals surface area contributed by atoms with E-state index in [1.807, 2.05) is 27.7 Å². The molecule has 1 rings (SSSR count). The molecule has 0 bridgehead atoms. The van der Waals surface area contributed by atoms with Gasteiger partial charge in [-0.1, -0.05) is 27.2 Å². The lowest BCUT2D eigenvalue weighted by Crippen LogP contribution is -2.35. The topological polar surface area (TPSA) is 55.5 Å². The molecule has 0 saturated heterocycles. The van der Waals surface area contributed by atoms with Crippen LogP contribution in [0.4, 0.5) is 4.79 Å². The standard InChI is InChI=1S/C14H24N2O3/c1-5-9-12-11(7-3)13(17)19-16(12)14(18)15(8-4)10-6-2/h5-10H2,1-4H3. The number of rotatable bonds is 6. The summed E-state index contributed by atoms with van der Waals surface area (Å²) >= 11 is 0. The lowest BCUT2D eigenvalue weighted by Gasteiger charge is -2.20. The number of nitrogens with zero attached hydrogens (tertiary/aromatic N) is 2. The monoisotopic (exact) mass is 268 g/mol. The first-order valence-corrected chi connectivity index (χ1v) is 7.13. The summed E-state index contributed by atoms with van der Waals surface area (Å²) in [6, 6.07) is -0.232. The molecule has 108 valence electrons. The van der Waals surface area contributed by atoms with Crippen molar-refractivity contribution < 1.29 is 9.32 Å². The van der Waals surface area contributed by atoms with Crippen molar-refractivity contribution in [1.82, 2.24) is 9.64 Å². The molecule has 1 amide bonds. The molecule has 0 spiro atoms. The molecule has 1 aromatic heterocycles. The lowest BCUT2D eigenvalue weighted by atomic mass is 10.1. The molecule has 0 saturated carbocycles. The predicted molar refractivity (Wildman–Crippen MR) is 74.7 cm³/mol. The van der Waals surface area contributed by atoms with Crippen molar-refractivity contribution in [3.8, 4) is 0 Å². The SMILES string of the molecule is CCCc1c(CC)c(=O)on1C(=O)N(CC)CCC.